The third-order valence-electron chi connectivity index (χ3n) is 4.48. The van der Waals surface area contributed by atoms with E-state index in [1.807, 2.05) is 30.3 Å². The van der Waals surface area contributed by atoms with Gasteiger partial charge in [-0.05, 0) is 43.6 Å². The first kappa shape index (κ1) is 16.7. The van der Waals surface area contributed by atoms with Crippen molar-refractivity contribution in [3.05, 3.63) is 60.1 Å². The summed E-state index contributed by atoms with van der Waals surface area (Å²) in [5.41, 5.74) is 1.06. The van der Waals surface area contributed by atoms with E-state index in [4.69, 9.17) is 4.42 Å². The standard InChI is InChI=1S/C19H24N2O3/c22-17(18-7-4-12-24-18)14-21(13-15-5-2-1-3-6-15)19(23)16-8-10-20-11-9-16/h1-7,12,16-17,20,22H,8-11,13-14H2. The molecule has 1 fully saturated rings. The number of benzene rings is 1. The van der Waals surface area contributed by atoms with Gasteiger partial charge in [-0.25, -0.2) is 0 Å². The van der Waals surface area contributed by atoms with Gasteiger partial charge in [0.05, 0.1) is 12.8 Å². The van der Waals surface area contributed by atoms with Crippen LogP contribution in [-0.2, 0) is 11.3 Å². The number of carbonyl (C=O) groups excluding carboxylic acids is 1. The van der Waals surface area contributed by atoms with Crippen LogP contribution in [0.4, 0.5) is 0 Å². The number of hydrogen-bond acceptors (Lipinski definition) is 4. The molecule has 0 bridgehead atoms. The van der Waals surface area contributed by atoms with Crippen molar-refractivity contribution >= 4 is 5.91 Å². The Morgan fingerprint density at radius 2 is 1.96 bits per heavy atom. The van der Waals surface area contributed by atoms with Gasteiger partial charge < -0.3 is 19.7 Å². The molecule has 1 aromatic heterocycles. The molecule has 1 aliphatic heterocycles. The lowest BCUT2D eigenvalue weighted by Gasteiger charge is -2.31. The largest absolute Gasteiger partial charge is 0.467 e. The van der Waals surface area contributed by atoms with Crippen molar-refractivity contribution in [1.29, 1.82) is 0 Å². The first-order valence-corrected chi connectivity index (χ1v) is 8.49. The molecule has 0 saturated carbocycles. The molecule has 1 amide bonds. The van der Waals surface area contributed by atoms with E-state index in [1.54, 1.807) is 17.0 Å². The fourth-order valence-electron chi connectivity index (χ4n) is 3.14. The van der Waals surface area contributed by atoms with Crippen molar-refractivity contribution in [2.75, 3.05) is 19.6 Å². The van der Waals surface area contributed by atoms with Gasteiger partial charge in [-0.1, -0.05) is 30.3 Å². The summed E-state index contributed by atoms with van der Waals surface area (Å²) in [7, 11) is 0. The Morgan fingerprint density at radius 1 is 1.21 bits per heavy atom. The second kappa shape index (κ2) is 8.13. The van der Waals surface area contributed by atoms with E-state index in [9.17, 15) is 9.90 Å². The van der Waals surface area contributed by atoms with Gasteiger partial charge in [0.2, 0.25) is 5.91 Å². The number of rotatable bonds is 6. The molecule has 1 aromatic carbocycles. The summed E-state index contributed by atoms with van der Waals surface area (Å²) in [4.78, 5) is 14.7. The zero-order valence-corrected chi connectivity index (χ0v) is 13.7. The fourth-order valence-corrected chi connectivity index (χ4v) is 3.14. The number of furan rings is 1. The van der Waals surface area contributed by atoms with Gasteiger partial charge in [0, 0.05) is 12.5 Å². The Labute approximate surface area is 142 Å². The number of piperidine rings is 1. The topological polar surface area (TPSA) is 65.7 Å². The van der Waals surface area contributed by atoms with Crippen LogP contribution in [0.25, 0.3) is 0 Å². The van der Waals surface area contributed by atoms with E-state index in [-0.39, 0.29) is 18.4 Å². The zero-order chi connectivity index (χ0) is 16.8. The lowest BCUT2D eigenvalue weighted by molar-refractivity contribution is -0.138. The van der Waals surface area contributed by atoms with Crippen LogP contribution in [0, 0.1) is 5.92 Å². The number of carbonyl (C=O) groups is 1. The summed E-state index contributed by atoms with van der Waals surface area (Å²) >= 11 is 0. The molecule has 2 heterocycles. The number of nitrogens with zero attached hydrogens (tertiary/aromatic N) is 1. The maximum atomic E-state index is 13.0. The van der Waals surface area contributed by atoms with E-state index < -0.39 is 6.10 Å². The van der Waals surface area contributed by atoms with Crippen molar-refractivity contribution in [1.82, 2.24) is 10.2 Å². The molecule has 0 radical (unpaired) electrons. The molecular formula is C19H24N2O3. The number of nitrogens with one attached hydrogen (secondary N) is 1. The number of amides is 1. The molecule has 2 N–H and O–H groups in total. The molecule has 5 heteroatoms. The average molecular weight is 328 g/mol. The van der Waals surface area contributed by atoms with Gasteiger partial charge in [-0.2, -0.15) is 0 Å². The van der Waals surface area contributed by atoms with Gasteiger partial charge in [-0.3, -0.25) is 4.79 Å². The van der Waals surface area contributed by atoms with Crippen LogP contribution in [0.5, 0.6) is 0 Å². The Morgan fingerprint density at radius 3 is 2.62 bits per heavy atom. The third-order valence-corrected chi connectivity index (χ3v) is 4.48. The van der Waals surface area contributed by atoms with Crippen LogP contribution < -0.4 is 5.32 Å². The van der Waals surface area contributed by atoms with Crippen molar-refractivity contribution in [3.63, 3.8) is 0 Å². The Balaban J connectivity index is 1.73. The second-order valence-electron chi connectivity index (χ2n) is 6.26. The third kappa shape index (κ3) is 4.24. The summed E-state index contributed by atoms with van der Waals surface area (Å²) in [6, 6.07) is 13.4. The van der Waals surface area contributed by atoms with Crippen molar-refractivity contribution < 1.29 is 14.3 Å². The Bertz CT molecular complexity index is 621. The lowest BCUT2D eigenvalue weighted by Crippen LogP contribution is -2.42. The van der Waals surface area contributed by atoms with Crippen LogP contribution in [0.2, 0.25) is 0 Å². The highest BCUT2D eigenvalue weighted by molar-refractivity contribution is 5.79. The van der Waals surface area contributed by atoms with Crippen LogP contribution in [0.3, 0.4) is 0 Å². The molecule has 24 heavy (non-hydrogen) atoms. The number of aliphatic hydroxyl groups is 1. The van der Waals surface area contributed by atoms with Crippen LogP contribution >= 0.6 is 0 Å². The molecular weight excluding hydrogens is 304 g/mol. The second-order valence-corrected chi connectivity index (χ2v) is 6.26. The van der Waals surface area contributed by atoms with Gasteiger partial charge >= 0.3 is 0 Å². The molecule has 1 unspecified atom stereocenters. The van der Waals surface area contributed by atoms with Crippen LogP contribution in [0.15, 0.2) is 53.1 Å². The molecule has 5 nitrogen and oxygen atoms in total. The summed E-state index contributed by atoms with van der Waals surface area (Å²) < 4.78 is 5.27. The SMILES string of the molecule is O=C(C1CCNCC1)N(Cc1ccccc1)CC(O)c1ccco1. The first-order chi connectivity index (χ1) is 11.7. The van der Waals surface area contributed by atoms with E-state index in [1.165, 1.54) is 6.26 Å². The fraction of sp³-hybridized carbons (Fsp3) is 0.421. The van der Waals surface area contributed by atoms with E-state index in [0.717, 1.165) is 31.5 Å². The summed E-state index contributed by atoms with van der Waals surface area (Å²) in [5, 5.41) is 13.7. The van der Waals surface area contributed by atoms with Crippen LogP contribution in [0.1, 0.15) is 30.3 Å². The van der Waals surface area contributed by atoms with Crippen molar-refractivity contribution in [2.24, 2.45) is 5.92 Å². The minimum atomic E-state index is -0.811. The highest BCUT2D eigenvalue weighted by atomic mass is 16.4. The van der Waals surface area contributed by atoms with Gasteiger partial charge in [0.15, 0.2) is 0 Å². The molecule has 1 aliphatic rings. The van der Waals surface area contributed by atoms with Gasteiger partial charge in [-0.15, -0.1) is 0 Å². The van der Waals surface area contributed by atoms with Crippen molar-refractivity contribution in [3.8, 4) is 0 Å². The number of hydrogen-bond donors (Lipinski definition) is 2. The van der Waals surface area contributed by atoms with Crippen molar-refractivity contribution in [2.45, 2.75) is 25.5 Å². The lowest BCUT2D eigenvalue weighted by atomic mass is 9.96. The highest BCUT2D eigenvalue weighted by Gasteiger charge is 2.28. The monoisotopic (exact) mass is 328 g/mol. The normalized spacial score (nSPS) is 16.7. The smallest absolute Gasteiger partial charge is 0.226 e. The summed E-state index contributed by atoms with van der Waals surface area (Å²) in [6.07, 6.45) is 2.42. The first-order valence-electron chi connectivity index (χ1n) is 8.49. The van der Waals surface area contributed by atoms with Gasteiger partial charge in [0.1, 0.15) is 11.9 Å². The molecule has 0 spiro atoms. The predicted molar refractivity (Wildman–Crippen MR) is 91.1 cm³/mol. The minimum absolute atomic E-state index is 0.0266. The average Bonchev–Trinajstić information content (AvgIpc) is 3.17. The Hall–Kier alpha value is -2.11. The molecule has 1 atom stereocenters. The van der Waals surface area contributed by atoms with E-state index >= 15 is 0 Å². The molecule has 128 valence electrons. The van der Waals surface area contributed by atoms with E-state index in [2.05, 4.69) is 5.32 Å². The maximum Gasteiger partial charge on any atom is 0.226 e. The van der Waals surface area contributed by atoms with E-state index in [0.29, 0.717) is 12.3 Å². The zero-order valence-electron chi connectivity index (χ0n) is 13.7. The minimum Gasteiger partial charge on any atom is -0.467 e. The summed E-state index contributed by atoms with van der Waals surface area (Å²) in [6.45, 7) is 2.49. The number of aliphatic hydroxyl groups excluding tert-OH is 1. The quantitative estimate of drug-likeness (QED) is 0.854. The Kier molecular flexibility index (Phi) is 5.67. The molecule has 3 rings (SSSR count). The highest BCUT2D eigenvalue weighted by Crippen LogP contribution is 2.21. The summed E-state index contributed by atoms with van der Waals surface area (Å²) in [5.74, 6) is 0.635. The predicted octanol–water partition coefficient (Wildman–Crippen LogP) is 2.34. The molecule has 2 aromatic rings. The molecule has 1 saturated heterocycles. The maximum absolute atomic E-state index is 13.0. The molecule has 0 aliphatic carbocycles. The van der Waals surface area contributed by atoms with Gasteiger partial charge in [0.25, 0.3) is 0 Å². The van der Waals surface area contributed by atoms with Crippen LogP contribution in [-0.4, -0.2) is 35.5 Å².